The van der Waals surface area contributed by atoms with E-state index in [9.17, 15) is 13.6 Å². The quantitative estimate of drug-likeness (QED) is 0.632. The van der Waals surface area contributed by atoms with Gasteiger partial charge in [0.25, 0.3) is 0 Å². The minimum absolute atomic E-state index is 0.375. The summed E-state index contributed by atoms with van der Waals surface area (Å²) < 4.78 is 23.3. The van der Waals surface area contributed by atoms with Crippen molar-refractivity contribution < 1.29 is 13.6 Å². The molecule has 0 aromatic heterocycles. The zero-order valence-corrected chi connectivity index (χ0v) is 13.3. The number of carbonyl (C=O) groups excluding carboxylic acids is 1. The van der Waals surface area contributed by atoms with Crippen molar-refractivity contribution in [3.8, 4) is 0 Å². The van der Waals surface area contributed by atoms with Gasteiger partial charge >= 0.3 is 6.03 Å². The Balaban J connectivity index is 1.70. The predicted molar refractivity (Wildman–Crippen MR) is 95.6 cm³/mol. The molecule has 24 heavy (non-hydrogen) atoms. The fourth-order valence-electron chi connectivity index (χ4n) is 2.34. The number of amides is 2. The fraction of sp³-hybridized carbons (Fsp3) is 0. The zero-order chi connectivity index (χ0) is 16.9. The molecule has 122 valence electrons. The topological polar surface area (TPSA) is 93.3 Å². The summed E-state index contributed by atoms with van der Waals surface area (Å²) in [6, 6.07) is 19.4. The molecule has 0 fully saturated rings. The molecule has 0 aliphatic carbocycles. The van der Waals surface area contributed by atoms with Gasteiger partial charge < -0.3 is 19.9 Å². The number of hydrogen-bond donors (Lipinski definition) is 3. The molecule has 3 aromatic carbocycles. The zero-order valence-electron chi connectivity index (χ0n) is 12.5. The van der Waals surface area contributed by atoms with E-state index in [1.54, 1.807) is 24.3 Å². The van der Waals surface area contributed by atoms with E-state index < -0.39 is 11.3 Å². The van der Waals surface area contributed by atoms with Crippen molar-refractivity contribution in [3.63, 3.8) is 0 Å². The van der Waals surface area contributed by atoms with E-state index in [0.717, 1.165) is 10.8 Å². The SMILES string of the molecule is O=C(Nc1ccc(NS(=O)[O-])cc1)Nc1cccc2ccccc12. The highest BCUT2D eigenvalue weighted by Gasteiger charge is 2.05. The van der Waals surface area contributed by atoms with Gasteiger partial charge in [-0.25, -0.2) is 4.79 Å². The van der Waals surface area contributed by atoms with Crippen LogP contribution >= 0.6 is 0 Å². The number of rotatable bonds is 4. The summed E-state index contributed by atoms with van der Waals surface area (Å²) >= 11 is -2.37. The second-order valence-corrected chi connectivity index (χ2v) is 5.69. The molecule has 0 bridgehead atoms. The first-order valence-electron chi connectivity index (χ1n) is 7.13. The summed E-state index contributed by atoms with van der Waals surface area (Å²) in [5.41, 5.74) is 1.68. The van der Waals surface area contributed by atoms with Crippen LogP contribution in [0.4, 0.5) is 21.9 Å². The fourth-order valence-corrected chi connectivity index (χ4v) is 2.67. The number of nitrogens with one attached hydrogen (secondary N) is 3. The van der Waals surface area contributed by atoms with Crippen molar-refractivity contribution >= 4 is 45.1 Å². The smallest absolute Gasteiger partial charge is 0.323 e. The molecule has 3 N–H and O–H groups in total. The van der Waals surface area contributed by atoms with Crippen molar-refractivity contribution in [2.75, 3.05) is 15.4 Å². The second-order valence-electron chi connectivity index (χ2n) is 5.02. The van der Waals surface area contributed by atoms with Crippen LogP contribution in [0.5, 0.6) is 0 Å². The Morgan fingerprint density at radius 2 is 1.50 bits per heavy atom. The third-order valence-corrected chi connectivity index (χ3v) is 3.78. The van der Waals surface area contributed by atoms with Crippen LogP contribution in [0.25, 0.3) is 10.8 Å². The molecule has 0 heterocycles. The third kappa shape index (κ3) is 3.89. The largest absolute Gasteiger partial charge is 0.755 e. The van der Waals surface area contributed by atoms with Crippen molar-refractivity contribution in [2.24, 2.45) is 0 Å². The summed E-state index contributed by atoms with van der Waals surface area (Å²) in [5.74, 6) is 0. The Kier molecular flexibility index (Phi) is 4.74. The van der Waals surface area contributed by atoms with Gasteiger partial charge in [0.15, 0.2) is 0 Å². The number of urea groups is 1. The van der Waals surface area contributed by atoms with E-state index in [-0.39, 0.29) is 6.03 Å². The first-order chi connectivity index (χ1) is 11.6. The lowest BCUT2D eigenvalue weighted by Gasteiger charge is -2.11. The van der Waals surface area contributed by atoms with Crippen LogP contribution in [-0.4, -0.2) is 14.8 Å². The lowest BCUT2D eigenvalue weighted by Crippen LogP contribution is -2.19. The van der Waals surface area contributed by atoms with Gasteiger partial charge in [0.2, 0.25) is 0 Å². The Bertz CT molecular complexity index is 892. The molecule has 3 rings (SSSR count). The molecule has 0 spiro atoms. The Hall–Kier alpha value is -2.90. The number of hydrogen-bond acceptors (Lipinski definition) is 3. The highest BCUT2D eigenvalue weighted by molar-refractivity contribution is 7.80. The van der Waals surface area contributed by atoms with E-state index in [1.165, 1.54) is 0 Å². The highest BCUT2D eigenvalue weighted by Crippen LogP contribution is 2.23. The van der Waals surface area contributed by atoms with Crippen LogP contribution in [0.2, 0.25) is 0 Å². The van der Waals surface area contributed by atoms with E-state index in [2.05, 4.69) is 15.4 Å². The maximum atomic E-state index is 12.2. The minimum atomic E-state index is -2.37. The molecule has 0 aliphatic heterocycles. The Labute approximate surface area is 141 Å². The van der Waals surface area contributed by atoms with E-state index in [4.69, 9.17) is 0 Å². The molecule has 0 saturated carbocycles. The maximum Gasteiger partial charge on any atom is 0.323 e. The summed E-state index contributed by atoms with van der Waals surface area (Å²) in [5, 5.41) is 7.51. The molecule has 0 aliphatic rings. The number of anilines is 3. The van der Waals surface area contributed by atoms with Gasteiger partial charge in [-0.2, -0.15) is 0 Å². The molecule has 0 saturated heterocycles. The normalized spacial score (nSPS) is 11.7. The maximum absolute atomic E-state index is 12.2. The van der Waals surface area contributed by atoms with Gasteiger partial charge in [-0.15, -0.1) is 0 Å². The second kappa shape index (κ2) is 7.12. The summed E-state index contributed by atoms with van der Waals surface area (Å²) in [6.07, 6.45) is 0. The van der Waals surface area contributed by atoms with Gasteiger partial charge in [-0.3, -0.25) is 4.21 Å². The number of benzene rings is 3. The van der Waals surface area contributed by atoms with Crippen LogP contribution in [0.15, 0.2) is 66.7 Å². The third-order valence-electron chi connectivity index (χ3n) is 3.38. The molecule has 0 radical (unpaired) electrons. The standard InChI is InChI=1S/C17H15N3O3S/c21-17(18-13-8-10-14(11-9-13)20-24(22)23)19-16-7-3-5-12-4-1-2-6-15(12)16/h1-11,20H,(H,22,23)(H2,18,19,21)/p-1. The van der Waals surface area contributed by atoms with Gasteiger partial charge in [-0.05, 0) is 35.7 Å². The number of fused-ring (bicyclic) bond motifs is 1. The predicted octanol–water partition coefficient (Wildman–Crippen LogP) is 3.69. The van der Waals surface area contributed by atoms with Crippen molar-refractivity contribution in [3.05, 3.63) is 66.7 Å². The van der Waals surface area contributed by atoms with Crippen LogP contribution in [0.3, 0.4) is 0 Å². The van der Waals surface area contributed by atoms with Gasteiger partial charge in [-0.1, -0.05) is 36.4 Å². The van der Waals surface area contributed by atoms with E-state index in [0.29, 0.717) is 17.1 Å². The highest BCUT2D eigenvalue weighted by atomic mass is 32.2. The average Bonchev–Trinajstić information content (AvgIpc) is 2.56. The summed E-state index contributed by atoms with van der Waals surface area (Å²) in [7, 11) is 0. The average molecular weight is 340 g/mol. The van der Waals surface area contributed by atoms with Crippen LogP contribution in [-0.2, 0) is 11.3 Å². The Morgan fingerprint density at radius 1 is 0.833 bits per heavy atom. The Morgan fingerprint density at radius 3 is 2.25 bits per heavy atom. The molecule has 3 aromatic rings. The molecule has 7 heteroatoms. The van der Waals surface area contributed by atoms with Gasteiger partial charge in [0.05, 0.1) is 5.69 Å². The molecule has 1 atom stereocenters. The lowest BCUT2D eigenvalue weighted by molar-refractivity contribution is 0.262. The summed E-state index contributed by atoms with van der Waals surface area (Å²) in [4.78, 5) is 12.2. The molecular formula is C17H14N3O3S-. The molecule has 6 nitrogen and oxygen atoms in total. The first-order valence-corrected chi connectivity index (χ1v) is 8.21. The number of carbonyl (C=O) groups is 1. The summed E-state index contributed by atoms with van der Waals surface area (Å²) in [6.45, 7) is 0. The monoisotopic (exact) mass is 340 g/mol. The lowest BCUT2D eigenvalue weighted by atomic mass is 10.1. The van der Waals surface area contributed by atoms with Crippen molar-refractivity contribution in [1.82, 2.24) is 0 Å². The molecule has 1 unspecified atom stereocenters. The molecular weight excluding hydrogens is 326 g/mol. The van der Waals surface area contributed by atoms with Crippen LogP contribution in [0, 0.1) is 0 Å². The van der Waals surface area contributed by atoms with Gasteiger partial charge in [0, 0.05) is 28.0 Å². The van der Waals surface area contributed by atoms with Crippen molar-refractivity contribution in [1.29, 1.82) is 0 Å². The van der Waals surface area contributed by atoms with Crippen LogP contribution < -0.4 is 15.4 Å². The molecule has 2 amide bonds. The van der Waals surface area contributed by atoms with Gasteiger partial charge in [0.1, 0.15) is 0 Å². The first kappa shape index (κ1) is 16.0. The van der Waals surface area contributed by atoms with E-state index >= 15 is 0 Å². The minimum Gasteiger partial charge on any atom is -0.755 e. The van der Waals surface area contributed by atoms with Crippen LogP contribution in [0.1, 0.15) is 0 Å². The van der Waals surface area contributed by atoms with Crippen molar-refractivity contribution in [2.45, 2.75) is 0 Å². The van der Waals surface area contributed by atoms with E-state index in [1.807, 2.05) is 42.5 Å².